The number of nitrogens with two attached hydrogens (primary N) is 2. The third-order valence-electron chi connectivity index (χ3n) is 3.96. The molecule has 30 heavy (non-hydrogen) atoms. The summed E-state index contributed by atoms with van der Waals surface area (Å²) in [5, 5.41) is 34.5. The van der Waals surface area contributed by atoms with E-state index in [1.54, 1.807) is 13.8 Å². The minimum Gasteiger partial charge on any atom is -0.480 e. The van der Waals surface area contributed by atoms with Gasteiger partial charge in [0.15, 0.2) is 6.04 Å². The second-order valence-electron chi connectivity index (χ2n) is 7.28. The van der Waals surface area contributed by atoms with Gasteiger partial charge in [-0.15, -0.1) is 0 Å². The van der Waals surface area contributed by atoms with Crippen LogP contribution in [0.1, 0.15) is 33.6 Å². The minimum absolute atomic E-state index is 0.0681. The quantitative estimate of drug-likeness (QED) is 0.142. The molecule has 0 spiro atoms. The minimum atomic E-state index is -1.65. The summed E-state index contributed by atoms with van der Waals surface area (Å²) < 4.78 is 0. The van der Waals surface area contributed by atoms with E-state index in [0.717, 1.165) is 6.92 Å². The maximum atomic E-state index is 12.6. The maximum Gasteiger partial charge on any atom is 0.328 e. The van der Waals surface area contributed by atoms with Gasteiger partial charge in [-0.3, -0.25) is 19.2 Å². The second-order valence-corrected chi connectivity index (χ2v) is 7.28. The molecule has 13 nitrogen and oxygen atoms in total. The highest BCUT2D eigenvalue weighted by molar-refractivity contribution is 5.95. The first-order chi connectivity index (χ1) is 13.8. The summed E-state index contributed by atoms with van der Waals surface area (Å²) in [7, 11) is 0. The number of nitrogens with one attached hydrogen (secondary N) is 3. The van der Waals surface area contributed by atoms with Crippen molar-refractivity contribution >= 4 is 29.6 Å². The van der Waals surface area contributed by atoms with Crippen molar-refractivity contribution < 1.29 is 39.3 Å². The maximum absolute atomic E-state index is 12.6. The predicted molar refractivity (Wildman–Crippen MR) is 103 cm³/mol. The first kappa shape index (κ1) is 27.2. The van der Waals surface area contributed by atoms with Crippen LogP contribution in [0.4, 0.5) is 0 Å². The summed E-state index contributed by atoms with van der Waals surface area (Å²) in [4.78, 5) is 58.9. The molecule has 0 aliphatic carbocycles. The Morgan fingerprint density at radius 3 is 1.80 bits per heavy atom. The molecule has 0 saturated carbocycles. The van der Waals surface area contributed by atoms with Crippen LogP contribution in [0.2, 0.25) is 0 Å². The highest BCUT2D eigenvalue weighted by Crippen LogP contribution is 2.06. The summed E-state index contributed by atoms with van der Waals surface area (Å²) in [5.41, 5.74) is 10.5. The standard InChI is InChI=1S/C17H31N5O8/c1-7(2)4-10(20-14(26)9(18)5-12(19)25)15(27)21-11(6-23)16(28)22-13(8(3)24)17(29)30/h7-11,13,23-24H,4-6,18H2,1-3H3,(H2,19,25)(H,20,26)(H,21,27)(H,22,28)(H,29,30). The molecule has 5 unspecified atom stereocenters. The summed E-state index contributed by atoms with van der Waals surface area (Å²) >= 11 is 0. The van der Waals surface area contributed by atoms with E-state index < -0.39 is 72.9 Å². The lowest BCUT2D eigenvalue weighted by Crippen LogP contribution is -2.59. The lowest BCUT2D eigenvalue weighted by atomic mass is 10.0. The molecule has 13 heteroatoms. The van der Waals surface area contributed by atoms with Gasteiger partial charge >= 0.3 is 5.97 Å². The largest absolute Gasteiger partial charge is 0.480 e. The average Bonchev–Trinajstić information content (AvgIpc) is 2.61. The van der Waals surface area contributed by atoms with Crippen LogP contribution in [-0.4, -0.2) is 81.8 Å². The number of primary amides is 1. The van der Waals surface area contributed by atoms with Crippen LogP contribution >= 0.6 is 0 Å². The fourth-order valence-electron chi connectivity index (χ4n) is 2.40. The van der Waals surface area contributed by atoms with Gasteiger partial charge in [0, 0.05) is 0 Å². The van der Waals surface area contributed by atoms with Crippen molar-refractivity contribution in [1.29, 1.82) is 0 Å². The molecule has 0 rings (SSSR count). The van der Waals surface area contributed by atoms with Gasteiger partial charge in [-0.25, -0.2) is 4.79 Å². The van der Waals surface area contributed by atoms with Crippen molar-refractivity contribution in [3.05, 3.63) is 0 Å². The number of rotatable bonds is 13. The number of aliphatic carboxylic acids is 1. The van der Waals surface area contributed by atoms with E-state index >= 15 is 0 Å². The molecule has 0 heterocycles. The molecule has 0 aromatic heterocycles. The Kier molecular flexibility index (Phi) is 11.5. The van der Waals surface area contributed by atoms with E-state index in [0.29, 0.717) is 0 Å². The number of aliphatic hydroxyl groups is 2. The normalized spacial score (nSPS) is 16.0. The number of amides is 4. The van der Waals surface area contributed by atoms with Crippen molar-refractivity contribution in [3.63, 3.8) is 0 Å². The van der Waals surface area contributed by atoms with Gasteiger partial charge in [0.05, 0.1) is 25.2 Å². The molecular weight excluding hydrogens is 402 g/mol. The van der Waals surface area contributed by atoms with Crippen LogP contribution in [0, 0.1) is 5.92 Å². The summed E-state index contributed by atoms with van der Waals surface area (Å²) in [5.74, 6) is -5.05. The molecule has 0 aliphatic rings. The Bertz CT molecular complexity index is 640. The third-order valence-corrected chi connectivity index (χ3v) is 3.96. The Labute approximate surface area is 173 Å². The number of carboxylic acid groups (broad SMARTS) is 1. The number of carboxylic acids is 1. The van der Waals surface area contributed by atoms with E-state index in [1.165, 1.54) is 0 Å². The second kappa shape index (κ2) is 12.7. The zero-order chi connectivity index (χ0) is 23.6. The van der Waals surface area contributed by atoms with E-state index in [9.17, 15) is 34.2 Å². The molecule has 4 amide bonds. The van der Waals surface area contributed by atoms with Crippen molar-refractivity contribution in [3.8, 4) is 0 Å². The van der Waals surface area contributed by atoms with Gasteiger partial charge in [-0.1, -0.05) is 13.8 Å². The van der Waals surface area contributed by atoms with Gasteiger partial charge in [-0.2, -0.15) is 0 Å². The Balaban J connectivity index is 5.25. The molecular formula is C17H31N5O8. The van der Waals surface area contributed by atoms with Gasteiger partial charge in [0.25, 0.3) is 0 Å². The van der Waals surface area contributed by atoms with Crippen LogP contribution in [0.15, 0.2) is 0 Å². The number of hydrogen-bond donors (Lipinski definition) is 8. The molecule has 10 N–H and O–H groups in total. The molecule has 0 aromatic rings. The summed E-state index contributed by atoms with van der Waals surface area (Å²) in [6, 6.07) is -5.61. The van der Waals surface area contributed by atoms with Crippen molar-refractivity contribution in [2.45, 2.75) is 63.9 Å². The fraction of sp³-hybridized carbons (Fsp3) is 0.706. The van der Waals surface area contributed by atoms with Crippen LogP contribution in [0.25, 0.3) is 0 Å². The van der Waals surface area contributed by atoms with E-state index in [1.807, 2.05) is 5.32 Å². The fourth-order valence-corrected chi connectivity index (χ4v) is 2.40. The number of carbonyl (C=O) groups is 5. The first-order valence-corrected chi connectivity index (χ1v) is 9.26. The van der Waals surface area contributed by atoms with Gasteiger partial charge in [0.1, 0.15) is 12.1 Å². The lowest BCUT2D eigenvalue weighted by molar-refractivity contribution is -0.145. The van der Waals surface area contributed by atoms with Crippen molar-refractivity contribution in [2.24, 2.45) is 17.4 Å². The number of hydrogen-bond acceptors (Lipinski definition) is 8. The van der Waals surface area contributed by atoms with Crippen LogP contribution < -0.4 is 27.4 Å². The highest BCUT2D eigenvalue weighted by atomic mass is 16.4. The third kappa shape index (κ3) is 9.62. The van der Waals surface area contributed by atoms with Crippen LogP contribution in [0.5, 0.6) is 0 Å². The average molecular weight is 433 g/mol. The Morgan fingerprint density at radius 1 is 0.900 bits per heavy atom. The zero-order valence-corrected chi connectivity index (χ0v) is 17.1. The van der Waals surface area contributed by atoms with Crippen molar-refractivity contribution in [2.75, 3.05) is 6.61 Å². The SMILES string of the molecule is CC(C)CC(NC(=O)C(N)CC(N)=O)C(=O)NC(CO)C(=O)NC(C(=O)O)C(C)O. The molecule has 0 aromatic carbocycles. The van der Waals surface area contributed by atoms with Gasteiger partial charge in [0.2, 0.25) is 23.6 Å². The Hall–Kier alpha value is -2.77. The molecule has 0 saturated heterocycles. The molecule has 0 aliphatic heterocycles. The number of aliphatic hydroxyl groups excluding tert-OH is 2. The monoisotopic (exact) mass is 433 g/mol. The van der Waals surface area contributed by atoms with E-state index in [4.69, 9.17) is 16.6 Å². The molecule has 172 valence electrons. The summed E-state index contributed by atoms with van der Waals surface area (Å²) in [6.07, 6.45) is -1.72. The van der Waals surface area contributed by atoms with E-state index in [2.05, 4.69) is 10.6 Å². The smallest absolute Gasteiger partial charge is 0.328 e. The molecule has 0 fully saturated rings. The van der Waals surface area contributed by atoms with E-state index in [-0.39, 0.29) is 12.3 Å². The molecule has 0 bridgehead atoms. The molecule has 5 atom stereocenters. The topological polar surface area (TPSA) is 234 Å². The zero-order valence-electron chi connectivity index (χ0n) is 17.1. The van der Waals surface area contributed by atoms with Crippen LogP contribution in [0.3, 0.4) is 0 Å². The summed E-state index contributed by atoms with van der Waals surface area (Å²) in [6.45, 7) is 3.82. The number of carbonyl (C=O) groups excluding carboxylic acids is 4. The van der Waals surface area contributed by atoms with Gasteiger partial charge < -0.3 is 42.7 Å². The predicted octanol–water partition coefficient (Wildman–Crippen LogP) is -3.85. The highest BCUT2D eigenvalue weighted by Gasteiger charge is 2.32. The first-order valence-electron chi connectivity index (χ1n) is 9.26. The lowest BCUT2D eigenvalue weighted by Gasteiger charge is -2.25. The molecule has 0 radical (unpaired) electrons. The van der Waals surface area contributed by atoms with Gasteiger partial charge in [-0.05, 0) is 19.3 Å². The van der Waals surface area contributed by atoms with Crippen LogP contribution in [-0.2, 0) is 24.0 Å². The van der Waals surface area contributed by atoms with Crippen molar-refractivity contribution in [1.82, 2.24) is 16.0 Å². The Morgan fingerprint density at radius 2 is 1.40 bits per heavy atom.